The highest BCUT2D eigenvalue weighted by Gasteiger charge is 2.31. The maximum Gasteiger partial charge on any atom is 0.255 e. The smallest absolute Gasteiger partial charge is 0.255 e. The van der Waals surface area contributed by atoms with E-state index in [1.165, 1.54) is 35.6 Å². The van der Waals surface area contributed by atoms with Gasteiger partial charge in [0.25, 0.3) is 5.91 Å². The first-order valence-electron chi connectivity index (χ1n) is 11.5. The Morgan fingerprint density at radius 2 is 1.95 bits per heavy atom. The van der Waals surface area contributed by atoms with Crippen molar-refractivity contribution in [2.75, 3.05) is 11.4 Å². The molecule has 0 radical (unpaired) electrons. The fraction of sp³-hybridized carbons (Fsp3) is 0.185. The number of carbonyl (C=O) groups excluding carboxylic acids is 2. The lowest BCUT2D eigenvalue weighted by atomic mass is 10.00. The summed E-state index contributed by atoms with van der Waals surface area (Å²) in [5, 5.41) is 3.40. The van der Waals surface area contributed by atoms with E-state index in [1.807, 2.05) is 6.07 Å². The van der Waals surface area contributed by atoms with E-state index < -0.39 is 17.1 Å². The summed E-state index contributed by atoms with van der Waals surface area (Å²) in [5.74, 6) is -0.399. The minimum Gasteiger partial charge on any atom is -0.755 e. The Labute approximate surface area is 219 Å². The zero-order valence-corrected chi connectivity index (χ0v) is 21.2. The fourth-order valence-electron chi connectivity index (χ4n) is 4.39. The lowest BCUT2D eigenvalue weighted by Gasteiger charge is -2.29. The molecule has 4 aromatic rings. The van der Waals surface area contributed by atoms with Crippen LogP contribution < -0.4 is 9.62 Å². The molecule has 0 spiro atoms. The van der Waals surface area contributed by atoms with Crippen molar-refractivity contribution in [3.05, 3.63) is 87.7 Å². The Bertz CT molecular complexity index is 1550. The van der Waals surface area contributed by atoms with Crippen LogP contribution in [0.15, 0.2) is 59.0 Å². The molecule has 3 aromatic carbocycles. The topological polar surface area (TPSA) is 103 Å². The monoisotopic (exact) mass is 539 g/mol. The average molecular weight is 540 g/mol. The van der Waals surface area contributed by atoms with Crippen LogP contribution >= 0.6 is 11.6 Å². The predicted octanol–water partition coefficient (Wildman–Crippen LogP) is 5.74. The highest BCUT2D eigenvalue weighted by molar-refractivity contribution is 7.80. The summed E-state index contributed by atoms with van der Waals surface area (Å²) in [6, 6.07) is 13.8. The van der Waals surface area contributed by atoms with E-state index in [0.29, 0.717) is 45.2 Å². The SMILES string of the molecule is CNC(=O)c1c(-c2ccc(F)cc2)oc2cc(N(Cc3ccc(C=O)c(Cl)c3)S(=O)[O-])c(C3CC3)cc12. The molecule has 0 saturated heterocycles. The highest BCUT2D eigenvalue weighted by Crippen LogP contribution is 2.48. The summed E-state index contributed by atoms with van der Waals surface area (Å²) in [6.07, 6.45) is 2.40. The van der Waals surface area contributed by atoms with Gasteiger partial charge >= 0.3 is 0 Å². The average Bonchev–Trinajstić information content (AvgIpc) is 3.67. The second kappa shape index (κ2) is 10.1. The molecule has 5 rings (SSSR count). The summed E-state index contributed by atoms with van der Waals surface area (Å²) in [4.78, 5) is 24.0. The molecule has 7 nitrogen and oxygen atoms in total. The van der Waals surface area contributed by atoms with Crippen molar-refractivity contribution in [1.29, 1.82) is 0 Å². The second-order valence-electron chi connectivity index (χ2n) is 8.80. The van der Waals surface area contributed by atoms with Crippen LogP contribution in [0.2, 0.25) is 5.02 Å². The first-order chi connectivity index (χ1) is 17.8. The standard InChI is InChI=1S/C27H22ClFN2O5S/c1-30-27(33)25-21-11-20(16-4-5-16)23(12-24(21)36-26(25)17-6-8-19(29)9-7-17)31(37(34)35)13-15-2-3-18(14-32)22(28)10-15/h2-3,6-12,14,16H,4-5,13H2,1H3,(H,30,33)(H,34,35)/p-1. The van der Waals surface area contributed by atoms with Crippen LogP contribution in [-0.4, -0.2) is 28.0 Å². The van der Waals surface area contributed by atoms with E-state index in [2.05, 4.69) is 5.32 Å². The van der Waals surface area contributed by atoms with Crippen molar-refractivity contribution in [3.8, 4) is 11.3 Å². The molecule has 10 heteroatoms. The van der Waals surface area contributed by atoms with Crippen molar-refractivity contribution in [2.24, 2.45) is 0 Å². The van der Waals surface area contributed by atoms with Crippen LogP contribution in [0, 0.1) is 5.82 Å². The van der Waals surface area contributed by atoms with E-state index in [1.54, 1.807) is 24.3 Å². The predicted molar refractivity (Wildman–Crippen MR) is 139 cm³/mol. The Kier molecular flexibility index (Phi) is 6.85. The minimum atomic E-state index is -2.65. The third kappa shape index (κ3) is 4.90. The lowest BCUT2D eigenvalue weighted by Crippen LogP contribution is -2.26. The number of halogens is 2. The molecule has 1 aromatic heterocycles. The highest BCUT2D eigenvalue weighted by atomic mass is 35.5. The number of hydrogen-bond donors (Lipinski definition) is 1. The maximum absolute atomic E-state index is 13.5. The number of rotatable bonds is 8. The molecular formula is C27H21ClFN2O5S-. The Hall–Kier alpha value is -3.53. The number of furan rings is 1. The number of aldehydes is 1. The fourth-order valence-corrected chi connectivity index (χ4v) is 5.21. The van der Waals surface area contributed by atoms with Crippen LogP contribution in [0.4, 0.5) is 10.1 Å². The molecule has 0 bridgehead atoms. The molecule has 1 unspecified atom stereocenters. The van der Waals surface area contributed by atoms with Gasteiger partial charge in [-0.3, -0.25) is 18.1 Å². The molecule has 1 aliphatic carbocycles. The molecule has 1 heterocycles. The van der Waals surface area contributed by atoms with Crippen LogP contribution in [0.1, 0.15) is 50.6 Å². The van der Waals surface area contributed by atoms with Gasteiger partial charge in [0.1, 0.15) is 17.2 Å². The van der Waals surface area contributed by atoms with Gasteiger partial charge in [0.05, 0.1) is 22.8 Å². The Morgan fingerprint density at radius 1 is 1.22 bits per heavy atom. The molecule has 37 heavy (non-hydrogen) atoms. The summed E-state index contributed by atoms with van der Waals surface area (Å²) >= 11 is 3.51. The summed E-state index contributed by atoms with van der Waals surface area (Å²) in [7, 11) is 1.51. The van der Waals surface area contributed by atoms with Gasteiger partial charge in [-0.1, -0.05) is 17.7 Å². The molecule has 0 aliphatic heterocycles. The molecule has 1 amide bonds. The van der Waals surface area contributed by atoms with E-state index in [9.17, 15) is 22.7 Å². The lowest BCUT2D eigenvalue weighted by molar-refractivity contribution is 0.0964. The van der Waals surface area contributed by atoms with Crippen molar-refractivity contribution in [1.82, 2.24) is 5.32 Å². The van der Waals surface area contributed by atoms with Gasteiger partial charge in [-0.15, -0.1) is 0 Å². The molecule has 1 saturated carbocycles. The van der Waals surface area contributed by atoms with Crippen molar-refractivity contribution < 1.29 is 27.2 Å². The van der Waals surface area contributed by atoms with Crippen LogP contribution in [-0.2, 0) is 17.8 Å². The van der Waals surface area contributed by atoms with Crippen LogP contribution in [0.5, 0.6) is 0 Å². The largest absolute Gasteiger partial charge is 0.755 e. The number of amides is 1. The number of fused-ring (bicyclic) bond motifs is 1. The van der Waals surface area contributed by atoms with Gasteiger partial charge in [0, 0.05) is 40.9 Å². The number of nitrogens with zero attached hydrogens (tertiary/aromatic N) is 1. The molecule has 1 atom stereocenters. The summed E-state index contributed by atoms with van der Waals surface area (Å²) in [5.41, 5.74) is 3.25. The molecule has 1 N–H and O–H groups in total. The number of hydrogen-bond acceptors (Lipinski definition) is 5. The van der Waals surface area contributed by atoms with Crippen LogP contribution in [0.3, 0.4) is 0 Å². The molecule has 1 aliphatic rings. The quantitative estimate of drug-likeness (QED) is 0.227. The van der Waals surface area contributed by atoms with E-state index >= 15 is 0 Å². The van der Waals surface area contributed by atoms with E-state index in [4.69, 9.17) is 16.0 Å². The Morgan fingerprint density at radius 3 is 2.54 bits per heavy atom. The van der Waals surface area contributed by atoms with E-state index in [0.717, 1.165) is 18.4 Å². The number of anilines is 1. The van der Waals surface area contributed by atoms with Crippen molar-refractivity contribution in [3.63, 3.8) is 0 Å². The van der Waals surface area contributed by atoms with Gasteiger partial charge in [-0.05, 0) is 72.4 Å². The third-order valence-corrected chi connectivity index (χ3v) is 7.39. The van der Waals surface area contributed by atoms with Crippen molar-refractivity contribution in [2.45, 2.75) is 25.3 Å². The van der Waals surface area contributed by atoms with Gasteiger partial charge < -0.3 is 14.3 Å². The Balaban J connectivity index is 1.67. The zero-order valence-electron chi connectivity index (χ0n) is 19.6. The zero-order chi connectivity index (χ0) is 26.3. The maximum atomic E-state index is 13.5. The van der Waals surface area contributed by atoms with Gasteiger partial charge in [0.2, 0.25) is 0 Å². The molecular weight excluding hydrogens is 519 g/mol. The number of carbonyl (C=O) groups is 2. The van der Waals surface area contributed by atoms with E-state index in [-0.39, 0.29) is 29.2 Å². The van der Waals surface area contributed by atoms with Gasteiger partial charge in [0.15, 0.2) is 6.29 Å². The molecule has 1 fully saturated rings. The number of nitrogens with one attached hydrogen (secondary N) is 1. The van der Waals surface area contributed by atoms with Crippen LogP contribution in [0.25, 0.3) is 22.3 Å². The minimum absolute atomic E-state index is 0.0198. The number of benzene rings is 3. The normalized spacial score (nSPS) is 13.9. The summed E-state index contributed by atoms with van der Waals surface area (Å²) < 4.78 is 45.7. The van der Waals surface area contributed by atoms with Gasteiger partial charge in [-0.25, -0.2) is 4.39 Å². The molecule has 190 valence electrons. The summed E-state index contributed by atoms with van der Waals surface area (Å²) in [6.45, 7) is -0.0198. The van der Waals surface area contributed by atoms with Crippen molar-refractivity contribution >= 4 is 51.7 Å². The second-order valence-corrected chi connectivity index (χ2v) is 10.1. The van der Waals surface area contributed by atoms with Gasteiger partial charge in [-0.2, -0.15) is 0 Å². The first kappa shape index (κ1) is 25.1. The first-order valence-corrected chi connectivity index (χ1v) is 12.9. The third-order valence-electron chi connectivity index (χ3n) is 6.38.